The number of carbonyl (C=O) groups is 1. The van der Waals surface area contributed by atoms with Crippen LogP contribution in [0.15, 0.2) is 42.5 Å². The highest BCUT2D eigenvalue weighted by molar-refractivity contribution is 6.37. The van der Waals surface area contributed by atoms with E-state index in [1.54, 1.807) is 30.3 Å². The minimum Gasteiger partial charge on any atom is -0.494 e. The Morgan fingerprint density at radius 3 is 2.43 bits per heavy atom. The van der Waals surface area contributed by atoms with Crippen LogP contribution in [0.4, 0.5) is 5.69 Å². The zero-order chi connectivity index (χ0) is 16.8. The molecule has 0 saturated heterocycles. The first-order valence-electron chi connectivity index (χ1n) is 7.45. The molecule has 23 heavy (non-hydrogen) atoms. The SMILES string of the molecule is CC(C)CCOc1ccc(NC(=O)c2ccc(Cl)cc2Cl)cc1. The Morgan fingerprint density at radius 1 is 1.13 bits per heavy atom. The number of ether oxygens (including phenoxy) is 1. The molecule has 0 saturated carbocycles. The third-order valence-electron chi connectivity index (χ3n) is 3.25. The molecule has 0 radical (unpaired) electrons. The Labute approximate surface area is 146 Å². The molecule has 0 unspecified atom stereocenters. The van der Waals surface area contributed by atoms with E-state index >= 15 is 0 Å². The fourth-order valence-electron chi connectivity index (χ4n) is 1.92. The average Bonchev–Trinajstić information content (AvgIpc) is 2.48. The predicted molar refractivity (Wildman–Crippen MR) is 95.8 cm³/mol. The highest BCUT2D eigenvalue weighted by Gasteiger charge is 2.11. The van der Waals surface area contributed by atoms with E-state index in [0.717, 1.165) is 12.2 Å². The van der Waals surface area contributed by atoms with Gasteiger partial charge in [-0.15, -0.1) is 0 Å². The number of hydrogen-bond donors (Lipinski definition) is 1. The van der Waals surface area contributed by atoms with Crippen LogP contribution in [-0.4, -0.2) is 12.5 Å². The summed E-state index contributed by atoms with van der Waals surface area (Å²) in [5.74, 6) is 1.12. The number of rotatable bonds is 6. The van der Waals surface area contributed by atoms with Crippen molar-refractivity contribution in [2.45, 2.75) is 20.3 Å². The first kappa shape index (κ1) is 17.6. The number of hydrogen-bond acceptors (Lipinski definition) is 2. The molecule has 3 nitrogen and oxygen atoms in total. The van der Waals surface area contributed by atoms with Crippen LogP contribution in [0.3, 0.4) is 0 Å². The molecule has 5 heteroatoms. The van der Waals surface area contributed by atoms with Crippen LogP contribution in [-0.2, 0) is 0 Å². The number of amides is 1. The van der Waals surface area contributed by atoms with Crippen molar-refractivity contribution in [3.63, 3.8) is 0 Å². The molecule has 1 amide bonds. The Morgan fingerprint density at radius 2 is 1.83 bits per heavy atom. The number of halogens is 2. The highest BCUT2D eigenvalue weighted by atomic mass is 35.5. The summed E-state index contributed by atoms with van der Waals surface area (Å²) in [4.78, 5) is 12.2. The van der Waals surface area contributed by atoms with Gasteiger partial charge in [0.1, 0.15) is 5.75 Å². The molecule has 0 aromatic heterocycles. The van der Waals surface area contributed by atoms with E-state index in [1.807, 2.05) is 12.1 Å². The van der Waals surface area contributed by atoms with Gasteiger partial charge in [0.25, 0.3) is 5.91 Å². The maximum Gasteiger partial charge on any atom is 0.257 e. The van der Waals surface area contributed by atoms with Crippen molar-refractivity contribution in [2.75, 3.05) is 11.9 Å². The van der Waals surface area contributed by atoms with Crippen molar-refractivity contribution in [1.82, 2.24) is 0 Å². The molecule has 0 aliphatic heterocycles. The molecule has 0 aliphatic rings. The normalized spacial score (nSPS) is 10.7. The fourth-order valence-corrected chi connectivity index (χ4v) is 2.41. The molecule has 0 heterocycles. The monoisotopic (exact) mass is 351 g/mol. The van der Waals surface area contributed by atoms with Gasteiger partial charge in [-0.3, -0.25) is 4.79 Å². The van der Waals surface area contributed by atoms with Gasteiger partial charge in [-0.1, -0.05) is 37.0 Å². The van der Waals surface area contributed by atoms with Crippen LogP contribution in [0.1, 0.15) is 30.6 Å². The summed E-state index contributed by atoms with van der Waals surface area (Å²) in [6.07, 6.45) is 1.01. The number of benzene rings is 2. The zero-order valence-electron chi connectivity index (χ0n) is 13.1. The summed E-state index contributed by atoms with van der Waals surface area (Å²) in [6, 6.07) is 12.0. The van der Waals surface area contributed by atoms with E-state index < -0.39 is 0 Å². The summed E-state index contributed by atoms with van der Waals surface area (Å²) in [5.41, 5.74) is 1.06. The van der Waals surface area contributed by atoms with Crippen molar-refractivity contribution in [3.05, 3.63) is 58.1 Å². The average molecular weight is 352 g/mol. The minimum atomic E-state index is -0.278. The molecule has 0 atom stereocenters. The van der Waals surface area contributed by atoms with E-state index in [2.05, 4.69) is 19.2 Å². The van der Waals surface area contributed by atoms with E-state index in [1.165, 1.54) is 0 Å². The van der Waals surface area contributed by atoms with Gasteiger partial charge in [0.05, 0.1) is 17.2 Å². The quantitative estimate of drug-likeness (QED) is 0.727. The molecule has 2 aromatic rings. The third kappa shape index (κ3) is 5.45. The van der Waals surface area contributed by atoms with Crippen molar-refractivity contribution >= 4 is 34.8 Å². The van der Waals surface area contributed by atoms with Gasteiger partial charge in [-0.05, 0) is 54.8 Å². The first-order valence-corrected chi connectivity index (χ1v) is 8.20. The third-order valence-corrected chi connectivity index (χ3v) is 3.80. The van der Waals surface area contributed by atoms with Crippen molar-refractivity contribution in [3.8, 4) is 5.75 Å². The number of nitrogens with one attached hydrogen (secondary N) is 1. The first-order chi connectivity index (χ1) is 11.0. The van der Waals surface area contributed by atoms with Gasteiger partial charge >= 0.3 is 0 Å². The van der Waals surface area contributed by atoms with E-state index in [-0.39, 0.29) is 5.91 Å². The molecule has 0 spiro atoms. The molecule has 0 fully saturated rings. The second-order valence-electron chi connectivity index (χ2n) is 5.63. The lowest BCUT2D eigenvalue weighted by Gasteiger charge is -2.10. The zero-order valence-corrected chi connectivity index (χ0v) is 14.6. The van der Waals surface area contributed by atoms with Crippen LogP contribution in [0.25, 0.3) is 0 Å². The highest BCUT2D eigenvalue weighted by Crippen LogP contribution is 2.23. The van der Waals surface area contributed by atoms with Crippen LogP contribution < -0.4 is 10.1 Å². The Balaban J connectivity index is 1.96. The second-order valence-corrected chi connectivity index (χ2v) is 6.48. The molecule has 0 bridgehead atoms. The topological polar surface area (TPSA) is 38.3 Å². The fraction of sp³-hybridized carbons (Fsp3) is 0.278. The lowest BCUT2D eigenvalue weighted by Crippen LogP contribution is -2.12. The molecule has 2 aromatic carbocycles. The number of carbonyl (C=O) groups excluding carboxylic acids is 1. The van der Waals surface area contributed by atoms with Gasteiger partial charge in [-0.2, -0.15) is 0 Å². The number of anilines is 1. The van der Waals surface area contributed by atoms with Gasteiger partial charge in [-0.25, -0.2) is 0 Å². The lowest BCUT2D eigenvalue weighted by molar-refractivity contribution is 0.102. The van der Waals surface area contributed by atoms with Crippen LogP contribution in [0.5, 0.6) is 5.75 Å². The maximum absolute atomic E-state index is 12.2. The van der Waals surface area contributed by atoms with Crippen LogP contribution >= 0.6 is 23.2 Å². The van der Waals surface area contributed by atoms with E-state index in [9.17, 15) is 4.79 Å². The lowest BCUT2D eigenvalue weighted by atomic mass is 10.1. The summed E-state index contributed by atoms with van der Waals surface area (Å²) in [7, 11) is 0. The second kappa shape index (κ2) is 8.23. The smallest absolute Gasteiger partial charge is 0.257 e. The van der Waals surface area contributed by atoms with Gasteiger partial charge in [0, 0.05) is 10.7 Å². The van der Waals surface area contributed by atoms with Crippen molar-refractivity contribution in [2.24, 2.45) is 5.92 Å². The van der Waals surface area contributed by atoms with Crippen LogP contribution in [0.2, 0.25) is 10.0 Å². The van der Waals surface area contributed by atoms with Crippen LogP contribution in [0, 0.1) is 5.92 Å². The molecular weight excluding hydrogens is 333 g/mol. The standard InChI is InChI=1S/C18H19Cl2NO2/c1-12(2)9-10-23-15-6-4-14(5-7-15)21-18(22)16-8-3-13(19)11-17(16)20/h3-8,11-12H,9-10H2,1-2H3,(H,21,22). The summed E-state index contributed by atoms with van der Waals surface area (Å²) in [6.45, 7) is 5.00. The largest absolute Gasteiger partial charge is 0.494 e. The predicted octanol–water partition coefficient (Wildman–Crippen LogP) is 5.67. The molecule has 0 aliphatic carbocycles. The Kier molecular flexibility index (Phi) is 6.31. The molecule has 1 N–H and O–H groups in total. The van der Waals surface area contributed by atoms with E-state index in [4.69, 9.17) is 27.9 Å². The summed E-state index contributed by atoms with van der Waals surface area (Å²) < 4.78 is 5.65. The van der Waals surface area contributed by atoms with E-state index in [0.29, 0.717) is 33.8 Å². The Hall–Kier alpha value is -1.71. The van der Waals surface area contributed by atoms with Gasteiger partial charge in [0.15, 0.2) is 0 Å². The maximum atomic E-state index is 12.2. The van der Waals surface area contributed by atoms with Gasteiger partial charge < -0.3 is 10.1 Å². The van der Waals surface area contributed by atoms with Crippen molar-refractivity contribution in [1.29, 1.82) is 0 Å². The summed E-state index contributed by atoms with van der Waals surface area (Å²) >= 11 is 11.9. The molecule has 2 rings (SSSR count). The molecule has 122 valence electrons. The van der Waals surface area contributed by atoms with Gasteiger partial charge in [0.2, 0.25) is 0 Å². The Bertz CT molecular complexity index is 669. The van der Waals surface area contributed by atoms with Crippen molar-refractivity contribution < 1.29 is 9.53 Å². The minimum absolute atomic E-state index is 0.278. The summed E-state index contributed by atoms with van der Waals surface area (Å²) in [5, 5.41) is 3.62. The molecular formula is C18H19Cl2NO2.